The van der Waals surface area contributed by atoms with E-state index < -0.39 is 0 Å². The summed E-state index contributed by atoms with van der Waals surface area (Å²) >= 11 is 0. The van der Waals surface area contributed by atoms with Gasteiger partial charge in [0, 0.05) is 5.92 Å². The standard InChI is InChI=1S/C31H30/c1-20-10-16-27-26-8-6-7-9-28(26)30(29(27)18-20)23-13-17-25(21(2)19-23)22-11-14-24(15-12-22)31(3,4)5/h6-19,30H,1-5H3. The zero-order valence-electron chi connectivity index (χ0n) is 19.2. The third-order valence-electron chi connectivity index (χ3n) is 6.73. The van der Waals surface area contributed by atoms with Crippen molar-refractivity contribution in [1.29, 1.82) is 0 Å². The predicted molar refractivity (Wildman–Crippen MR) is 133 cm³/mol. The summed E-state index contributed by atoms with van der Waals surface area (Å²) in [6.45, 7) is 11.2. The Kier molecular flexibility index (Phi) is 4.63. The quantitative estimate of drug-likeness (QED) is 0.278. The third-order valence-corrected chi connectivity index (χ3v) is 6.73. The van der Waals surface area contributed by atoms with Gasteiger partial charge in [0.05, 0.1) is 0 Å². The molecule has 0 heteroatoms. The highest BCUT2D eigenvalue weighted by Crippen LogP contribution is 2.48. The fourth-order valence-corrected chi connectivity index (χ4v) is 5.03. The second-order valence-corrected chi connectivity index (χ2v) is 10.0. The van der Waals surface area contributed by atoms with Crippen LogP contribution in [0.1, 0.15) is 60.1 Å². The van der Waals surface area contributed by atoms with Crippen LogP contribution in [-0.2, 0) is 5.41 Å². The van der Waals surface area contributed by atoms with E-state index in [4.69, 9.17) is 0 Å². The second-order valence-electron chi connectivity index (χ2n) is 10.0. The smallest absolute Gasteiger partial charge is 0.0352 e. The summed E-state index contributed by atoms with van der Waals surface area (Å²) in [7, 11) is 0. The summed E-state index contributed by atoms with van der Waals surface area (Å²) in [5.74, 6) is 0.308. The molecule has 1 atom stereocenters. The molecule has 0 saturated heterocycles. The lowest BCUT2D eigenvalue weighted by molar-refractivity contribution is 0.590. The highest BCUT2D eigenvalue weighted by molar-refractivity contribution is 5.81. The fraction of sp³-hybridized carbons (Fsp3) is 0.226. The van der Waals surface area contributed by atoms with Crippen molar-refractivity contribution in [1.82, 2.24) is 0 Å². The Hall–Kier alpha value is -3.12. The van der Waals surface area contributed by atoms with Crippen molar-refractivity contribution in [2.45, 2.75) is 46.0 Å². The average molecular weight is 403 g/mol. The molecule has 0 bridgehead atoms. The van der Waals surface area contributed by atoms with E-state index in [1.165, 1.54) is 55.6 Å². The predicted octanol–water partition coefficient (Wildman–Crippen LogP) is 8.43. The van der Waals surface area contributed by atoms with Gasteiger partial charge < -0.3 is 0 Å². The van der Waals surface area contributed by atoms with Crippen LogP contribution in [0.4, 0.5) is 0 Å². The van der Waals surface area contributed by atoms with Gasteiger partial charge in [0.1, 0.15) is 0 Å². The molecule has 5 rings (SSSR count). The van der Waals surface area contributed by atoms with Gasteiger partial charge >= 0.3 is 0 Å². The number of aryl methyl sites for hydroxylation is 2. The van der Waals surface area contributed by atoms with E-state index in [9.17, 15) is 0 Å². The summed E-state index contributed by atoms with van der Waals surface area (Å²) in [6.07, 6.45) is 0. The highest BCUT2D eigenvalue weighted by atomic mass is 14.3. The van der Waals surface area contributed by atoms with Crippen LogP contribution in [0.25, 0.3) is 22.3 Å². The lowest BCUT2D eigenvalue weighted by atomic mass is 9.84. The monoisotopic (exact) mass is 402 g/mol. The largest absolute Gasteiger partial charge is 0.0619 e. The Morgan fingerprint density at radius 3 is 2.00 bits per heavy atom. The van der Waals surface area contributed by atoms with E-state index in [0.717, 1.165) is 0 Å². The van der Waals surface area contributed by atoms with Crippen molar-refractivity contribution in [3.05, 3.63) is 118 Å². The molecule has 154 valence electrons. The molecule has 0 radical (unpaired) electrons. The van der Waals surface area contributed by atoms with E-state index >= 15 is 0 Å². The highest BCUT2D eigenvalue weighted by Gasteiger charge is 2.29. The summed E-state index contributed by atoms with van der Waals surface area (Å²) in [4.78, 5) is 0. The van der Waals surface area contributed by atoms with Crippen molar-refractivity contribution in [2.24, 2.45) is 0 Å². The van der Waals surface area contributed by atoms with Gasteiger partial charge in [0.25, 0.3) is 0 Å². The molecule has 1 aliphatic carbocycles. The minimum Gasteiger partial charge on any atom is -0.0619 e. The van der Waals surface area contributed by atoms with Crippen molar-refractivity contribution in [2.75, 3.05) is 0 Å². The van der Waals surface area contributed by atoms with Crippen LogP contribution in [-0.4, -0.2) is 0 Å². The number of benzene rings is 4. The zero-order chi connectivity index (χ0) is 21.8. The maximum atomic E-state index is 2.39. The maximum absolute atomic E-state index is 2.39. The average Bonchev–Trinajstić information content (AvgIpc) is 3.06. The van der Waals surface area contributed by atoms with Crippen LogP contribution < -0.4 is 0 Å². The van der Waals surface area contributed by atoms with Gasteiger partial charge in [0.15, 0.2) is 0 Å². The number of hydrogen-bond acceptors (Lipinski definition) is 0. The molecule has 0 spiro atoms. The normalized spacial score (nSPS) is 14.9. The van der Waals surface area contributed by atoms with E-state index in [0.29, 0.717) is 5.92 Å². The molecular weight excluding hydrogens is 372 g/mol. The van der Waals surface area contributed by atoms with Crippen LogP contribution in [0.5, 0.6) is 0 Å². The Morgan fingerprint density at radius 2 is 1.29 bits per heavy atom. The molecule has 4 aromatic rings. The number of fused-ring (bicyclic) bond motifs is 3. The Labute approximate surface area is 186 Å². The minimum atomic E-state index is 0.179. The lowest BCUT2D eigenvalue weighted by Crippen LogP contribution is -2.10. The summed E-state index contributed by atoms with van der Waals surface area (Å²) in [6, 6.07) is 31.9. The Morgan fingerprint density at radius 1 is 0.613 bits per heavy atom. The first-order chi connectivity index (χ1) is 14.8. The summed E-state index contributed by atoms with van der Waals surface area (Å²) < 4.78 is 0. The topological polar surface area (TPSA) is 0 Å². The van der Waals surface area contributed by atoms with E-state index in [-0.39, 0.29) is 5.41 Å². The van der Waals surface area contributed by atoms with E-state index in [1.807, 2.05) is 0 Å². The molecule has 0 N–H and O–H groups in total. The van der Waals surface area contributed by atoms with Crippen LogP contribution in [0.15, 0.2) is 84.9 Å². The molecule has 1 unspecified atom stereocenters. The second kappa shape index (κ2) is 7.24. The third kappa shape index (κ3) is 3.41. The Bertz CT molecular complexity index is 1270. The van der Waals surface area contributed by atoms with Crippen molar-refractivity contribution < 1.29 is 0 Å². The summed E-state index contributed by atoms with van der Waals surface area (Å²) in [5.41, 5.74) is 13.8. The van der Waals surface area contributed by atoms with Crippen LogP contribution in [0.3, 0.4) is 0 Å². The molecule has 31 heavy (non-hydrogen) atoms. The molecule has 0 aliphatic heterocycles. The van der Waals surface area contributed by atoms with E-state index in [1.54, 1.807) is 0 Å². The first-order valence-corrected chi connectivity index (χ1v) is 11.2. The first kappa shape index (κ1) is 19.8. The molecular formula is C31H30. The van der Waals surface area contributed by atoms with Crippen LogP contribution in [0.2, 0.25) is 0 Å². The molecule has 0 heterocycles. The number of hydrogen-bond donors (Lipinski definition) is 0. The first-order valence-electron chi connectivity index (χ1n) is 11.2. The SMILES string of the molecule is Cc1ccc2c(c1)C(c1ccc(-c3ccc(C(C)(C)C)cc3)c(C)c1)c1ccccc1-2. The molecule has 1 aliphatic rings. The van der Waals surface area contributed by atoms with Crippen LogP contribution in [0, 0.1) is 13.8 Å². The van der Waals surface area contributed by atoms with Gasteiger partial charge in [-0.3, -0.25) is 0 Å². The van der Waals surface area contributed by atoms with Crippen molar-refractivity contribution in [3.8, 4) is 22.3 Å². The molecule has 0 amide bonds. The minimum absolute atomic E-state index is 0.179. The zero-order valence-corrected chi connectivity index (χ0v) is 19.2. The molecule has 0 fully saturated rings. The lowest BCUT2D eigenvalue weighted by Gasteiger charge is -2.20. The van der Waals surface area contributed by atoms with Gasteiger partial charge in [0.2, 0.25) is 0 Å². The molecule has 4 aromatic carbocycles. The maximum Gasteiger partial charge on any atom is 0.0352 e. The van der Waals surface area contributed by atoms with Gasteiger partial charge in [-0.25, -0.2) is 0 Å². The van der Waals surface area contributed by atoms with Gasteiger partial charge in [-0.1, -0.05) is 111 Å². The van der Waals surface area contributed by atoms with Crippen LogP contribution >= 0.6 is 0 Å². The Balaban J connectivity index is 1.57. The summed E-state index contributed by atoms with van der Waals surface area (Å²) in [5, 5.41) is 0. The van der Waals surface area contributed by atoms with Gasteiger partial charge in [-0.2, -0.15) is 0 Å². The van der Waals surface area contributed by atoms with Gasteiger partial charge in [-0.15, -0.1) is 0 Å². The fourth-order valence-electron chi connectivity index (χ4n) is 5.03. The van der Waals surface area contributed by atoms with E-state index in [2.05, 4.69) is 120 Å². The van der Waals surface area contributed by atoms with Crippen molar-refractivity contribution >= 4 is 0 Å². The molecule has 0 saturated carbocycles. The van der Waals surface area contributed by atoms with Crippen molar-refractivity contribution in [3.63, 3.8) is 0 Å². The van der Waals surface area contributed by atoms with Gasteiger partial charge in [-0.05, 0) is 69.3 Å². The number of rotatable bonds is 2. The molecule has 0 aromatic heterocycles. The molecule has 0 nitrogen and oxygen atoms in total.